The number of aryl methyl sites for hydroxylation is 1. The molecule has 0 aliphatic carbocycles. The van der Waals surface area contributed by atoms with Crippen LogP contribution in [-0.2, 0) is 47.0 Å². The Kier molecular flexibility index (Phi) is 8.59. The number of aromatic nitrogens is 5. The first-order chi connectivity index (χ1) is 27.2. The Morgan fingerprint density at radius 3 is 2.55 bits per heavy atom. The molecular weight excluding hydrogens is 711 g/mol. The van der Waals surface area contributed by atoms with E-state index >= 15 is 0 Å². The molecule has 9 rings (SSSR count). The van der Waals surface area contributed by atoms with Crippen LogP contribution in [0.2, 0.25) is 0 Å². The average molecular weight is 748 g/mol. The summed E-state index contributed by atoms with van der Waals surface area (Å²) in [7, 11) is 0. The Balaban J connectivity index is 0.904. The van der Waals surface area contributed by atoms with E-state index in [-0.39, 0.29) is 55.3 Å². The van der Waals surface area contributed by atoms with E-state index in [4.69, 9.17) is 15.0 Å². The minimum Gasteiger partial charge on any atom is -0.345 e. The van der Waals surface area contributed by atoms with Crippen LogP contribution < -0.4 is 10.6 Å². The van der Waals surface area contributed by atoms with Crippen LogP contribution in [0.25, 0.3) is 44.2 Å². The second-order valence-corrected chi connectivity index (χ2v) is 14.3. The second-order valence-electron chi connectivity index (χ2n) is 14.3. The summed E-state index contributed by atoms with van der Waals surface area (Å²) >= 11 is 0. The van der Waals surface area contributed by atoms with Crippen LogP contribution in [0.5, 0.6) is 0 Å². The summed E-state index contributed by atoms with van der Waals surface area (Å²) in [6, 6.07) is 18.1. The number of hydrogen-bond acceptors (Lipinski definition) is 9. The molecule has 1 fully saturated rings. The van der Waals surface area contributed by atoms with Crippen LogP contribution in [0, 0.1) is 0 Å². The van der Waals surface area contributed by atoms with E-state index in [1.165, 1.54) is 4.90 Å². The van der Waals surface area contributed by atoms with Crippen LogP contribution in [0.1, 0.15) is 70.3 Å². The van der Waals surface area contributed by atoms with Crippen LogP contribution in [0.15, 0.2) is 73.1 Å². The molecule has 2 aromatic carbocycles. The number of pyridine rings is 3. The summed E-state index contributed by atoms with van der Waals surface area (Å²) in [6.45, 7) is 5.94. The lowest BCUT2D eigenvalue weighted by molar-refractivity contribution is -0.137. The summed E-state index contributed by atoms with van der Waals surface area (Å²) < 4.78 is 2.24. The molecule has 7 heterocycles. The van der Waals surface area contributed by atoms with Crippen LogP contribution in [0.4, 0.5) is 0 Å². The molecule has 0 bridgehead atoms. The zero-order chi connectivity index (χ0) is 38.7. The highest BCUT2D eigenvalue weighted by Crippen LogP contribution is 2.35. The molecule has 4 aromatic heterocycles. The average Bonchev–Trinajstić information content (AvgIpc) is 3.76. The van der Waals surface area contributed by atoms with Gasteiger partial charge in [-0.1, -0.05) is 37.3 Å². The van der Waals surface area contributed by atoms with Crippen molar-refractivity contribution in [3.63, 3.8) is 0 Å². The lowest BCUT2D eigenvalue weighted by Gasteiger charge is -2.29. The van der Waals surface area contributed by atoms with Gasteiger partial charge in [-0.2, -0.15) is 0 Å². The predicted octanol–water partition coefficient (Wildman–Crippen LogP) is 4.32. The van der Waals surface area contributed by atoms with Gasteiger partial charge in [0.05, 0.1) is 41.4 Å². The van der Waals surface area contributed by atoms with Crippen molar-refractivity contribution in [2.75, 3.05) is 6.54 Å². The summed E-state index contributed by atoms with van der Waals surface area (Å²) in [6.07, 6.45) is 4.72. The number of piperidine rings is 1. The lowest BCUT2D eigenvalue weighted by atomic mass is 10.0. The molecule has 5 amide bonds. The van der Waals surface area contributed by atoms with Gasteiger partial charge in [0.25, 0.3) is 11.8 Å². The molecule has 56 heavy (non-hydrogen) atoms. The van der Waals surface area contributed by atoms with Gasteiger partial charge in [0.15, 0.2) is 0 Å². The maximum atomic E-state index is 13.3. The molecule has 0 spiro atoms. The quantitative estimate of drug-likeness (QED) is 0.226. The molecule has 3 aliphatic rings. The highest BCUT2D eigenvalue weighted by atomic mass is 16.2. The van der Waals surface area contributed by atoms with E-state index in [0.29, 0.717) is 41.1 Å². The molecule has 0 saturated carbocycles. The molecule has 3 aliphatic heterocycles. The Bertz CT molecular complexity index is 2650. The van der Waals surface area contributed by atoms with Crippen molar-refractivity contribution in [2.45, 2.75) is 65.3 Å². The number of hydrogen-bond donors (Lipinski definition) is 2. The lowest BCUT2D eigenvalue weighted by Crippen LogP contribution is -2.52. The van der Waals surface area contributed by atoms with Crippen LogP contribution in [-0.4, -0.2) is 76.4 Å². The maximum Gasteiger partial charge on any atom is 0.270 e. The summed E-state index contributed by atoms with van der Waals surface area (Å²) in [5, 5.41) is 8.00. The van der Waals surface area contributed by atoms with Gasteiger partial charge in [0, 0.05) is 84.8 Å². The predicted molar refractivity (Wildman–Crippen MR) is 206 cm³/mol. The highest BCUT2D eigenvalue weighted by Gasteiger charge is 2.40. The number of rotatable bonds is 7. The van der Waals surface area contributed by atoms with Crippen molar-refractivity contribution in [3.8, 4) is 22.5 Å². The number of carbonyl (C=O) groups excluding carboxylic acids is 5. The normalized spacial score (nSPS) is 16.6. The third-order valence-electron chi connectivity index (χ3n) is 11.0. The fourth-order valence-corrected chi connectivity index (χ4v) is 8.05. The number of benzene rings is 2. The van der Waals surface area contributed by atoms with E-state index < -0.39 is 11.9 Å². The van der Waals surface area contributed by atoms with Gasteiger partial charge in [-0.3, -0.25) is 44.2 Å². The molecule has 0 radical (unpaired) electrons. The third-order valence-corrected chi connectivity index (χ3v) is 11.0. The van der Waals surface area contributed by atoms with Crippen LogP contribution >= 0.6 is 0 Å². The SMILES string of the molecule is CCc1nc(-c2cccc3cc(-c4ccc(C(=O)NCc5ccc6ccc7c(c6n5)CN(C5CCC(=O)NC5=O)C7=O)nc4)ncc23)c2n1CCN(C(C)=O)C2. The second kappa shape index (κ2) is 13.8. The third kappa shape index (κ3) is 6.03. The number of nitrogens with one attached hydrogen (secondary N) is 2. The van der Waals surface area contributed by atoms with Crippen molar-refractivity contribution in [1.82, 2.24) is 44.9 Å². The van der Waals surface area contributed by atoms with Crippen LogP contribution in [0.3, 0.4) is 0 Å². The van der Waals surface area contributed by atoms with E-state index in [0.717, 1.165) is 57.5 Å². The first-order valence-corrected chi connectivity index (χ1v) is 18.7. The fourth-order valence-electron chi connectivity index (χ4n) is 8.05. The number of imidazole rings is 1. The van der Waals surface area contributed by atoms with Gasteiger partial charge in [-0.15, -0.1) is 0 Å². The number of imide groups is 1. The molecule has 14 heteroatoms. The molecule has 2 N–H and O–H groups in total. The smallest absolute Gasteiger partial charge is 0.270 e. The molecule has 1 saturated heterocycles. The minimum absolute atomic E-state index is 0.0509. The van der Waals surface area contributed by atoms with Gasteiger partial charge < -0.3 is 19.7 Å². The Hall–Kier alpha value is -6.83. The van der Waals surface area contributed by atoms with Gasteiger partial charge in [-0.05, 0) is 42.1 Å². The number of amides is 5. The zero-order valence-electron chi connectivity index (χ0n) is 30.8. The van der Waals surface area contributed by atoms with E-state index in [9.17, 15) is 24.0 Å². The molecular formula is C42H37N9O5. The summed E-state index contributed by atoms with van der Waals surface area (Å²) in [5.41, 5.74) is 7.00. The standard InChI is InChI=1S/C42H37N9O5/c1-3-36-47-39(35-22-49(23(2)52)15-16-50(35)36)28-6-4-5-25-17-33(44-20-30(25)28)26-9-12-32(43-18-26)40(54)45-19-27-10-7-24-8-11-29-31(38(24)46-27)21-51(42(29)56)34-13-14-37(53)48-41(34)55/h4-12,17-18,20,34H,3,13-16,19,21-22H2,1-2H3,(H,45,54)(H,48,53,55). The molecule has 6 aromatic rings. The largest absolute Gasteiger partial charge is 0.345 e. The monoisotopic (exact) mass is 747 g/mol. The maximum absolute atomic E-state index is 13.3. The van der Waals surface area contributed by atoms with Gasteiger partial charge >= 0.3 is 0 Å². The fraction of sp³-hybridized carbons (Fsp3) is 0.262. The number of fused-ring (bicyclic) bond motifs is 5. The molecule has 1 unspecified atom stereocenters. The Labute approximate surface area is 321 Å². The summed E-state index contributed by atoms with van der Waals surface area (Å²) in [5.74, 6) is -0.384. The summed E-state index contributed by atoms with van der Waals surface area (Å²) in [4.78, 5) is 85.4. The van der Waals surface area contributed by atoms with Crippen molar-refractivity contribution in [3.05, 3.63) is 107 Å². The molecule has 14 nitrogen and oxygen atoms in total. The number of carbonyl (C=O) groups is 5. The molecule has 280 valence electrons. The van der Waals surface area contributed by atoms with Crippen molar-refractivity contribution in [2.24, 2.45) is 0 Å². The van der Waals surface area contributed by atoms with Gasteiger partial charge in [0.2, 0.25) is 17.7 Å². The number of nitrogens with zero attached hydrogens (tertiary/aromatic N) is 7. The van der Waals surface area contributed by atoms with Crippen molar-refractivity contribution in [1.29, 1.82) is 0 Å². The van der Waals surface area contributed by atoms with E-state index in [2.05, 4.69) is 27.1 Å². The zero-order valence-corrected chi connectivity index (χ0v) is 30.8. The van der Waals surface area contributed by atoms with Gasteiger partial charge in [-0.25, -0.2) is 4.98 Å². The molecule has 1 atom stereocenters. The minimum atomic E-state index is -0.719. The Morgan fingerprint density at radius 1 is 0.911 bits per heavy atom. The van der Waals surface area contributed by atoms with Crippen molar-refractivity contribution >= 4 is 51.2 Å². The van der Waals surface area contributed by atoms with E-state index in [1.807, 2.05) is 59.6 Å². The van der Waals surface area contributed by atoms with Gasteiger partial charge in [0.1, 0.15) is 17.6 Å². The highest BCUT2D eigenvalue weighted by molar-refractivity contribution is 6.07. The van der Waals surface area contributed by atoms with E-state index in [1.54, 1.807) is 25.3 Å². The first kappa shape index (κ1) is 34.9. The first-order valence-electron chi connectivity index (χ1n) is 18.7. The topological polar surface area (TPSA) is 172 Å². The van der Waals surface area contributed by atoms with Crippen molar-refractivity contribution < 1.29 is 24.0 Å². The Morgan fingerprint density at radius 2 is 1.77 bits per heavy atom.